The summed E-state index contributed by atoms with van der Waals surface area (Å²) in [4.78, 5) is 11.2. The molecule has 0 aliphatic carbocycles. The quantitative estimate of drug-likeness (QED) is 0.788. The average Bonchev–Trinajstić information content (AvgIpc) is 2.43. The summed E-state index contributed by atoms with van der Waals surface area (Å²) in [5.74, 6) is -0.695. The van der Waals surface area contributed by atoms with Gasteiger partial charge in [0.1, 0.15) is 17.3 Å². The number of rotatable bonds is 5. The number of aromatic hydroxyl groups is 1. The molecule has 4 N–H and O–H groups in total. The molecule has 0 heterocycles. The highest BCUT2D eigenvalue weighted by molar-refractivity contribution is 5.94. The fraction of sp³-hybridized carbons (Fsp3) is 0.133. The van der Waals surface area contributed by atoms with E-state index in [4.69, 9.17) is 10.5 Å². The second-order valence-electron chi connectivity index (χ2n) is 4.45. The number of hydrogen-bond donors (Lipinski definition) is 3. The van der Waals surface area contributed by atoms with Crippen LogP contribution in [0.25, 0.3) is 0 Å². The van der Waals surface area contributed by atoms with Crippen LogP contribution in [0.1, 0.15) is 15.9 Å². The molecule has 110 valence electrons. The number of primary amides is 1. The first-order valence-corrected chi connectivity index (χ1v) is 6.19. The van der Waals surface area contributed by atoms with E-state index >= 15 is 0 Å². The third-order valence-corrected chi connectivity index (χ3v) is 2.91. The van der Waals surface area contributed by atoms with Crippen LogP contribution in [0.4, 0.5) is 10.1 Å². The summed E-state index contributed by atoms with van der Waals surface area (Å²) >= 11 is 0. The maximum absolute atomic E-state index is 13.2. The second kappa shape index (κ2) is 6.13. The standard InChI is InChI=1S/C15H15FN2O3/c1-21-14-3-2-10(15(17)20)6-13(14)18-8-9-4-11(16)7-12(19)5-9/h2-7,18-19H,8H2,1H3,(H2,17,20). The Morgan fingerprint density at radius 3 is 2.71 bits per heavy atom. The molecule has 0 aliphatic heterocycles. The average molecular weight is 290 g/mol. The molecule has 2 rings (SSSR count). The molecule has 0 bridgehead atoms. The minimum absolute atomic E-state index is 0.148. The van der Waals surface area contributed by atoms with Crippen molar-refractivity contribution in [2.45, 2.75) is 6.54 Å². The van der Waals surface area contributed by atoms with Crippen LogP contribution in [0.5, 0.6) is 11.5 Å². The van der Waals surface area contributed by atoms with Gasteiger partial charge in [0.2, 0.25) is 5.91 Å². The Morgan fingerprint density at radius 1 is 1.33 bits per heavy atom. The van der Waals surface area contributed by atoms with Gasteiger partial charge < -0.3 is 20.9 Å². The van der Waals surface area contributed by atoms with Gasteiger partial charge in [0.15, 0.2) is 0 Å². The van der Waals surface area contributed by atoms with Crippen molar-refractivity contribution < 1.29 is 19.0 Å². The molecule has 1 amide bonds. The van der Waals surface area contributed by atoms with Crippen molar-refractivity contribution in [3.63, 3.8) is 0 Å². The Kier molecular flexibility index (Phi) is 4.27. The Morgan fingerprint density at radius 2 is 2.10 bits per heavy atom. The SMILES string of the molecule is COc1ccc(C(N)=O)cc1NCc1cc(O)cc(F)c1. The van der Waals surface area contributed by atoms with Crippen LogP contribution in [-0.2, 0) is 6.54 Å². The zero-order valence-electron chi connectivity index (χ0n) is 11.4. The van der Waals surface area contributed by atoms with Crippen LogP contribution < -0.4 is 15.8 Å². The van der Waals surface area contributed by atoms with Gasteiger partial charge in [-0.25, -0.2) is 4.39 Å². The molecule has 5 nitrogen and oxygen atoms in total. The number of halogens is 1. The Balaban J connectivity index is 2.21. The smallest absolute Gasteiger partial charge is 0.248 e. The van der Waals surface area contributed by atoms with E-state index in [0.29, 0.717) is 22.6 Å². The highest BCUT2D eigenvalue weighted by Gasteiger charge is 2.08. The zero-order valence-corrected chi connectivity index (χ0v) is 11.4. The number of nitrogens with two attached hydrogens (primary N) is 1. The number of anilines is 1. The minimum Gasteiger partial charge on any atom is -0.508 e. The zero-order chi connectivity index (χ0) is 15.4. The highest BCUT2D eigenvalue weighted by atomic mass is 19.1. The topological polar surface area (TPSA) is 84.6 Å². The summed E-state index contributed by atoms with van der Waals surface area (Å²) in [5, 5.41) is 12.4. The van der Waals surface area contributed by atoms with Crippen molar-refractivity contribution in [3.05, 3.63) is 53.3 Å². The molecule has 0 atom stereocenters. The Labute approximate surface area is 121 Å². The lowest BCUT2D eigenvalue weighted by molar-refractivity contribution is 0.100. The Hall–Kier alpha value is -2.76. The summed E-state index contributed by atoms with van der Waals surface area (Å²) in [6.07, 6.45) is 0. The van der Waals surface area contributed by atoms with E-state index in [1.165, 1.54) is 19.2 Å². The van der Waals surface area contributed by atoms with Gasteiger partial charge in [-0.05, 0) is 35.9 Å². The number of nitrogens with one attached hydrogen (secondary N) is 1. The van der Waals surface area contributed by atoms with Gasteiger partial charge >= 0.3 is 0 Å². The first kappa shape index (κ1) is 14.6. The van der Waals surface area contributed by atoms with Gasteiger partial charge in [-0.2, -0.15) is 0 Å². The van der Waals surface area contributed by atoms with Crippen LogP contribution in [0.3, 0.4) is 0 Å². The van der Waals surface area contributed by atoms with E-state index in [0.717, 1.165) is 6.07 Å². The van der Waals surface area contributed by atoms with Gasteiger partial charge in [-0.3, -0.25) is 4.79 Å². The molecule has 2 aromatic rings. The molecule has 0 aliphatic rings. The minimum atomic E-state index is -0.552. The van der Waals surface area contributed by atoms with E-state index < -0.39 is 11.7 Å². The number of amides is 1. The number of methoxy groups -OCH3 is 1. The van der Waals surface area contributed by atoms with Gasteiger partial charge in [-0.15, -0.1) is 0 Å². The summed E-state index contributed by atoms with van der Waals surface area (Å²) in [6.45, 7) is 0.254. The summed E-state index contributed by atoms with van der Waals surface area (Å²) in [6, 6.07) is 8.50. The van der Waals surface area contributed by atoms with Crippen molar-refractivity contribution in [2.75, 3.05) is 12.4 Å². The van der Waals surface area contributed by atoms with Crippen LogP contribution in [0, 0.1) is 5.82 Å². The second-order valence-corrected chi connectivity index (χ2v) is 4.45. The molecule has 0 unspecified atom stereocenters. The molecular formula is C15H15FN2O3. The largest absolute Gasteiger partial charge is 0.508 e. The molecule has 0 fully saturated rings. The molecule has 0 radical (unpaired) electrons. The summed E-state index contributed by atoms with van der Waals surface area (Å²) < 4.78 is 18.4. The predicted octanol–water partition coefficient (Wildman–Crippen LogP) is 2.25. The van der Waals surface area contributed by atoms with Crippen LogP contribution >= 0.6 is 0 Å². The van der Waals surface area contributed by atoms with Crippen molar-refractivity contribution >= 4 is 11.6 Å². The molecular weight excluding hydrogens is 275 g/mol. The van der Waals surface area contributed by atoms with Gasteiger partial charge in [0.25, 0.3) is 0 Å². The molecule has 0 saturated heterocycles. The fourth-order valence-corrected chi connectivity index (χ4v) is 1.93. The van der Waals surface area contributed by atoms with Crippen LogP contribution in [0.15, 0.2) is 36.4 Å². The maximum Gasteiger partial charge on any atom is 0.248 e. The highest BCUT2D eigenvalue weighted by Crippen LogP contribution is 2.26. The molecule has 0 spiro atoms. The lowest BCUT2D eigenvalue weighted by Gasteiger charge is -2.12. The number of carbonyl (C=O) groups is 1. The van der Waals surface area contributed by atoms with E-state index in [2.05, 4.69) is 5.32 Å². The molecule has 0 saturated carbocycles. The molecule has 6 heteroatoms. The monoisotopic (exact) mass is 290 g/mol. The predicted molar refractivity (Wildman–Crippen MR) is 76.9 cm³/mol. The van der Waals surface area contributed by atoms with Crippen molar-refractivity contribution in [1.29, 1.82) is 0 Å². The molecule has 21 heavy (non-hydrogen) atoms. The Bertz CT molecular complexity index is 654. The van der Waals surface area contributed by atoms with Gasteiger partial charge in [0, 0.05) is 18.2 Å². The molecule has 0 aromatic heterocycles. The summed E-state index contributed by atoms with van der Waals surface area (Å²) in [5.41, 5.74) is 6.67. The van der Waals surface area contributed by atoms with Gasteiger partial charge in [0.05, 0.1) is 12.8 Å². The number of phenolic OH excluding ortho intramolecular Hbond substituents is 1. The lowest BCUT2D eigenvalue weighted by Crippen LogP contribution is -2.11. The lowest BCUT2D eigenvalue weighted by atomic mass is 10.1. The van der Waals surface area contributed by atoms with E-state index in [-0.39, 0.29) is 12.3 Å². The first-order valence-electron chi connectivity index (χ1n) is 6.19. The number of benzene rings is 2. The number of phenols is 1. The van der Waals surface area contributed by atoms with Crippen LogP contribution in [-0.4, -0.2) is 18.1 Å². The maximum atomic E-state index is 13.2. The van der Waals surface area contributed by atoms with Crippen molar-refractivity contribution in [1.82, 2.24) is 0 Å². The van der Waals surface area contributed by atoms with Gasteiger partial charge in [-0.1, -0.05) is 0 Å². The van der Waals surface area contributed by atoms with E-state index in [9.17, 15) is 14.3 Å². The fourth-order valence-electron chi connectivity index (χ4n) is 1.93. The first-order chi connectivity index (χ1) is 9.99. The van der Waals surface area contributed by atoms with Crippen molar-refractivity contribution in [3.8, 4) is 11.5 Å². The van der Waals surface area contributed by atoms with E-state index in [1.54, 1.807) is 18.2 Å². The summed E-state index contributed by atoms with van der Waals surface area (Å²) in [7, 11) is 1.50. The normalized spacial score (nSPS) is 10.2. The number of carbonyl (C=O) groups excluding carboxylic acids is 1. The number of ether oxygens (including phenoxy) is 1. The molecule has 2 aromatic carbocycles. The van der Waals surface area contributed by atoms with Crippen molar-refractivity contribution in [2.24, 2.45) is 5.73 Å². The third kappa shape index (κ3) is 3.62. The van der Waals surface area contributed by atoms with E-state index in [1.807, 2.05) is 0 Å². The third-order valence-electron chi connectivity index (χ3n) is 2.91. The van der Waals surface area contributed by atoms with Crippen LogP contribution in [0.2, 0.25) is 0 Å². The number of hydrogen-bond acceptors (Lipinski definition) is 4.